The summed E-state index contributed by atoms with van der Waals surface area (Å²) in [6.45, 7) is 1.53. The number of hydrogen-bond acceptors (Lipinski definition) is 5. The zero-order chi connectivity index (χ0) is 15.2. The van der Waals surface area contributed by atoms with Gasteiger partial charge in [-0.25, -0.2) is 4.79 Å². The Balaban J connectivity index is 2.02. The van der Waals surface area contributed by atoms with Crippen molar-refractivity contribution in [1.29, 1.82) is 0 Å². The normalized spacial score (nSPS) is 11.0. The molecular formula is C16H14O5. The Morgan fingerprint density at radius 1 is 1.14 bits per heavy atom. The third-order valence-corrected chi connectivity index (χ3v) is 2.68. The van der Waals surface area contributed by atoms with E-state index in [-0.39, 0.29) is 17.3 Å². The monoisotopic (exact) mass is 286 g/mol. The predicted molar refractivity (Wildman–Crippen MR) is 75.2 cm³/mol. The van der Waals surface area contributed by atoms with E-state index in [1.165, 1.54) is 25.3 Å². The number of methoxy groups -OCH3 is 1. The molecule has 1 heterocycles. The van der Waals surface area contributed by atoms with Crippen LogP contribution in [-0.4, -0.2) is 18.9 Å². The van der Waals surface area contributed by atoms with Gasteiger partial charge in [0.25, 0.3) is 0 Å². The number of carbonyl (C=O) groups is 2. The lowest BCUT2D eigenvalue weighted by molar-refractivity contribution is 0.0625. The number of esters is 1. The van der Waals surface area contributed by atoms with Gasteiger partial charge in [-0.1, -0.05) is 0 Å². The maximum Gasteiger partial charge on any atom is 0.343 e. The van der Waals surface area contributed by atoms with Crippen LogP contribution in [0.25, 0.3) is 0 Å². The van der Waals surface area contributed by atoms with Crippen LogP contribution < -0.4 is 4.74 Å². The van der Waals surface area contributed by atoms with Crippen LogP contribution in [0.4, 0.5) is 0 Å². The van der Waals surface area contributed by atoms with Crippen LogP contribution in [0.1, 0.15) is 27.8 Å². The molecule has 0 aliphatic heterocycles. The molecular weight excluding hydrogens is 272 g/mol. The van der Waals surface area contributed by atoms with Crippen LogP contribution in [0.2, 0.25) is 0 Å². The third-order valence-electron chi connectivity index (χ3n) is 2.68. The summed E-state index contributed by atoms with van der Waals surface area (Å²) in [5.41, 5.74) is 0.369. The van der Waals surface area contributed by atoms with E-state index in [4.69, 9.17) is 13.9 Å². The van der Waals surface area contributed by atoms with Gasteiger partial charge in [0.2, 0.25) is 5.78 Å². The quantitative estimate of drug-likeness (QED) is 0.365. The van der Waals surface area contributed by atoms with Crippen molar-refractivity contribution in [3.8, 4) is 5.75 Å². The minimum Gasteiger partial charge on any atom is -0.497 e. The van der Waals surface area contributed by atoms with Crippen molar-refractivity contribution in [1.82, 2.24) is 0 Å². The summed E-state index contributed by atoms with van der Waals surface area (Å²) in [6, 6.07) is 9.63. The van der Waals surface area contributed by atoms with Crippen molar-refractivity contribution in [2.24, 2.45) is 0 Å². The molecule has 0 fully saturated rings. The molecule has 0 spiro atoms. The van der Waals surface area contributed by atoms with Gasteiger partial charge < -0.3 is 13.9 Å². The Bertz CT molecular complexity index is 650. The van der Waals surface area contributed by atoms with Crippen LogP contribution in [-0.2, 0) is 4.74 Å². The first kappa shape index (κ1) is 14.6. The highest BCUT2D eigenvalue weighted by atomic mass is 16.5. The lowest BCUT2D eigenvalue weighted by Gasteiger charge is -2.05. The minimum absolute atomic E-state index is 0.190. The molecule has 5 heteroatoms. The molecule has 0 unspecified atom stereocenters. The molecule has 0 N–H and O–H groups in total. The number of carbonyl (C=O) groups excluding carboxylic acids is 2. The summed E-state index contributed by atoms with van der Waals surface area (Å²) in [4.78, 5) is 23.6. The smallest absolute Gasteiger partial charge is 0.343 e. The molecule has 1 aromatic heterocycles. The zero-order valence-electron chi connectivity index (χ0n) is 11.7. The van der Waals surface area contributed by atoms with E-state index in [9.17, 15) is 9.59 Å². The molecule has 0 saturated heterocycles. The third kappa shape index (κ3) is 3.82. The van der Waals surface area contributed by atoms with Gasteiger partial charge in [-0.2, -0.15) is 0 Å². The van der Waals surface area contributed by atoms with Crippen molar-refractivity contribution >= 4 is 11.8 Å². The van der Waals surface area contributed by atoms with Crippen LogP contribution in [0, 0.1) is 0 Å². The highest BCUT2D eigenvalue weighted by molar-refractivity contribution is 6.02. The fraction of sp³-hybridized carbons (Fsp3) is 0.125. The van der Waals surface area contributed by atoms with E-state index in [2.05, 4.69) is 0 Å². The maximum atomic E-state index is 11.9. The van der Waals surface area contributed by atoms with Crippen molar-refractivity contribution < 1.29 is 23.5 Å². The molecule has 2 rings (SSSR count). The number of hydrogen-bond donors (Lipinski definition) is 0. The van der Waals surface area contributed by atoms with E-state index in [0.29, 0.717) is 11.3 Å². The van der Waals surface area contributed by atoms with Crippen molar-refractivity contribution in [2.45, 2.75) is 6.92 Å². The highest BCUT2D eigenvalue weighted by Gasteiger charge is 2.11. The number of furan rings is 1. The average Bonchev–Trinajstić information content (AvgIpc) is 3.01. The number of ether oxygens (including phenoxy) is 2. The van der Waals surface area contributed by atoms with Crippen LogP contribution in [0.5, 0.6) is 5.75 Å². The van der Waals surface area contributed by atoms with Crippen molar-refractivity contribution in [2.75, 3.05) is 7.11 Å². The fourth-order valence-corrected chi connectivity index (χ4v) is 1.64. The molecule has 0 saturated carbocycles. The molecule has 108 valence electrons. The first-order valence-electron chi connectivity index (χ1n) is 6.22. The van der Waals surface area contributed by atoms with Gasteiger partial charge in [0.1, 0.15) is 11.5 Å². The van der Waals surface area contributed by atoms with E-state index in [1.807, 2.05) is 0 Å². The van der Waals surface area contributed by atoms with Gasteiger partial charge in [0.05, 0.1) is 18.9 Å². The van der Waals surface area contributed by atoms with Crippen LogP contribution in [0.15, 0.2) is 58.9 Å². The molecule has 21 heavy (non-hydrogen) atoms. The Kier molecular flexibility index (Phi) is 4.56. The second-order valence-electron chi connectivity index (χ2n) is 4.21. The summed E-state index contributed by atoms with van der Waals surface area (Å²) >= 11 is 0. The highest BCUT2D eigenvalue weighted by Crippen LogP contribution is 2.13. The van der Waals surface area contributed by atoms with Gasteiger partial charge >= 0.3 is 5.97 Å². The Morgan fingerprint density at radius 3 is 2.43 bits per heavy atom. The summed E-state index contributed by atoms with van der Waals surface area (Å²) in [5, 5.41) is 0. The lowest BCUT2D eigenvalue weighted by atomic mass is 10.2. The molecule has 0 atom stereocenters. The van der Waals surface area contributed by atoms with Gasteiger partial charge in [-0.15, -0.1) is 0 Å². The predicted octanol–water partition coefficient (Wildman–Crippen LogP) is 3.23. The molecule has 5 nitrogen and oxygen atoms in total. The molecule has 0 radical (unpaired) electrons. The fourth-order valence-electron chi connectivity index (χ4n) is 1.64. The first-order valence-corrected chi connectivity index (χ1v) is 6.22. The van der Waals surface area contributed by atoms with Gasteiger partial charge in [-0.3, -0.25) is 4.79 Å². The van der Waals surface area contributed by atoms with Crippen LogP contribution in [0.3, 0.4) is 0 Å². The molecule has 0 amide bonds. The van der Waals surface area contributed by atoms with Crippen molar-refractivity contribution in [3.63, 3.8) is 0 Å². The molecule has 0 bridgehead atoms. The van der Waals surface area contributed by atoms with E-state index < -0.39 is 5.97 Å². The number of benzene rings is 1. The summed E-state index contributed by atoms with van der Waals surface area (Å²) in [7, 11) is 1.54. The summed E-state index contributed by atoms with van der Waals surface area (Å²) in [6.07, 6.45) is 2.61. The number of allylic oxidation sites excluding steroid dienone is 2. The molecule has 2 aromatic rings. The van der Waals surface area contributed by atoms with E-state index in [0.717, 1.165) is 0 Å². The summed E-state index contributed by atoms with van der Waals surface area (Å²) < 4.78 is 15.1. The Labute approximate surface area is 121 Å². The lowest BCUT2D eigenvalue weighted by Crippen LogP contribution is -2.05. The van der Waals surface area contributed by atoms with E-state index in [1.54, 1.807) is 37.4 Å². The van der Waals surface area contributed by atoms with Gasteiger partial charge in [0, 0.05) is 6.08 Å². The second-order valence-corrected chi connectivity index (χ2v) is 4.21. The molecule has 0 aliphatic rings. The SMILES string of the molecule is COc1ccc(C(=O)OC(C)=CC(=O)c2ccco2)cc1. The maximum absolute atomic E-state index is 11.9. The Hall–Kier alpha value is -2.82. The van der Waals surface area contributed by atoms with Gasteiger partial charge in [-0.05, 0) is 43.3 Å². The van der Waals surface area contributed by atoms with Crippen LogP contribution >= 0.6 is 0 Å². The first-order chi connectivity index (χ1) is 10.1. The average molecular weight is 286 g/mol. The number of rotatable bonds is 5. The standard InChI is InChI=1S/C16H14O5/c1-11(10-14(17)15-4-3-9-20-15)21-16(18)12-5-7-13(19-2)8-6-12/h3-10H,1-2H3. The van der Waals surface area contributed by atoms with Crippen molar-refractivity contribution in [3.05, 3.63) is 65.8 Å². The Morgan fingerprint density at radius 2 is 1.86 bits per heavy atom. The van der Waals surface area contributed by atoms with Gasteiger partial charge in [0.15, 0.2) is 5.76 Å². The molecule has 0 aliphatic carbocycles. The molecule has 1 aromatic carbocycles. The van der Waals surface area contributed by atoms with E-state index >= 15 is 0 Å². The minimum atomic E-state index is -0.543. The topological polar surface area (TPSA) is 65.7 Å². The zero-order valence-corrected chi connectivity index (χ0v) is 11.7. The summed E-state index contributed by atoms with van der Waals surface area (Å²) in [5.74, 6) is 0.123. The largest absolute Gasteiger partial charge is 0.497 e. The number of ketones is 1. The second kappa shape index (κ2) is 6.56.